The third kappa shape index (κ3) is 3.46. The summed E-state index contributed by atoms with van der Waals surface area (Å²) in [5, 5.41) is 3.28. The van der Waals surface area contributed by atoms with E-state index in [2.05, 4.69) is 5.32 Å². The van der Waals surface area contributed by atoms with Crippen molar-refractivity contribution in [2.45, 2.75) is 31.7 Å². The Bertz CT molecular complexity index is 239. The molecule has 1 heterocycles. The normalized spacial score (nSPS) is 25.8. The van der Waals surface area contributed by atoms with Crippen molar-refractivity contribution < 1.29 is 9.53 Å². The van der Waals surface area contributed by atoms with Crippen molar-refractivity contribution in [3.63, 3.8) is 0 Å². The quantitative estimate of drug-likeness (QED) is 0.747. The van der Waals surface area contributed by atoms with Gasteiger partial charge < -0.3 is 15.0 Å². The third-order valence-electron chi connectivity index (χ3n) is 3.39. The highest BCUT2D eigenvalue weighted by atomic mass is 16.5. The summed E-state index contributed by atoms with van der Waals surface area (Å²) in [6, 6.07) is 0.614. The van der Waals surface area contributed by atoms with E-state index in [0.717, 1.165) is 26.1 Å². The number of methoxy groups -OCH3 is 1. The van der Waals surface area contributed by atoms with Crippen LogP contribution in [0.25, 0.3) is 0 Å². The minimum absolute atomic E-state index is 0.257. The number of rotatable bonds is 5. The van der Waals surface area contributed by atoms with Gasteiger partial charge in [-0.2, -0.15) is 0 Å². The number of likely N-dealkylation sites (tertiary alicyclic amines) is 1. The molecule has 4 nitrogen and oxygen atoms in total. The Hall–Kier alpha value is -0.610. The van der Waals surface area contributed by atoms with Crippen molar-refractivity contribution >= 4 is 5.91 Å². The molecule has 0 aromatic carbocycles. The maximum absolute atomic E-state index is 11.9. The molecule has 1 N–H and O–H groups in total. The molecule has 1 saturated heterocycles. The molecular formula is C12H22N2O2. The molecule has 4 heteroatoms. The predicted molar refractivity (Wildman–Crippen MR) is 62.2 cm³/mol. The average Bonchev–Trinajstić information content (AvgIpc) is 3.10. The minimum atomic E-state index is 0.257. The second-order valence-electron chi connectivity index (χ2n) is 4.96. The van der Waals surface area contributed by atoms with Crippen LogP contribution in [0.4, 0.5) is 0 Å². The Kier molecular flexibility index (Phi) is 4.18. The summed E-state index contributed by atoms with van der Waals surface area (Å²) in [7, 11) is 1.73. The molecule has 1 unspecified atom stereocenters. The van der Waals surface area contributed by atoms with Crippen LogP contribution in [0.15, 0.2) is 0 Å². The molecular weight excluding hydrogens is 204 g/mol. The summed E-state index contributed by atoms with van der Waals surface area (Å²) in [6.45, 7) is 3.09. The fourth-order valence-electron chi connectivity index (χ4n) is 2.29. The second-order valence-corrected chi connectivity index (χ2v) is 4.96. The van der Waals surface area contributed by atoms with Crippen molar-refractivity contribution in [3.8, 4) is 0 Å². The van der Waals surface area contributed by atoms with E-state index in [1.54, 1.807) is 7.11 Å². The van der Waals surface area contributed by atoms with Crippen LogP contribution in [-0.4, -0.2) is 50.2 Å². The predicted octanol–water partition coefficient (Wildman–Crippen LogP) is 0.623. The van der Waals surface area contributed by atoms with Crippen molar-refractivity contribution in [3.05, 3.63) is 0 Å². The minimum Gasteiger partial charge on any atom is -0.384 e. The number of nitrogens with one attached hydrogen (secondary N) is 1. The van der Waals surface area contributed by atoms with E-state index in [4.69, 9.17) is 4.74 Å². The van der Waals surface area contributed by atoms with Crippen LogP contribution in [-0.2, 0) is 9.53 Å². The molecule has 0 radical (unpaired) electrons. The summed E-state index contributed by atoms with van der Waals surface area (Å²) in [6.07, 6.45) is 4.77. The van der Waals surface area contributed by atoms with Gasteiger partial charge in [0.2, 0.25) is 5.91 Å². The molecule has 2 rings (SSSR count). The van der Waals surface area contributed by atoms with E-state index in [1.807, 2.05) is 4.90 Å². The first-order valence-electron chi connectivity index (χ1n) is 6.29. The zero-order chi connectivity index (χ0) is 11.4. The molecule has 0 bridgehead atoms. The zero-order valence-corrected chi connectivity index (χ0v) is 10.1. The largest absolute Gasteiger partial charge is 0.384 e. The second kappa shape index (κ2) is 5.64. The van der Waals surface area contributed by atoms with Crippen LogP contribution in [0, 0.1) is 5.92 Å². The molecule has 1 aliphatic heterocycles. The number of carbonyl (C=O) groups excluding carboxylic acids is 1. The smallest absolute Gasteiger partial charge is 0.236 e. The summed E-state index contributed by atoms with van der Waals surface area (Å²) in [5.74, 6) is 0.788. The molecule has 2 aliphatic rings. The number of piperidine rings is 1. The van der Waals surface area contributed by atoms with Gasteiger partial charge in [0.1, 0.15) is 0 Å². The van der Waals surface area contributed by atoms with Gasteiger partial charge in [0.25, 0.3) is 0 Å². The lowest BCUT2D eigenvalue weighted by atomic mass is 9.99. The molecule has 92 valence electrons. The summed E-state index contributed by atoms with van der Waals surface area (Å²) in [5.41, 5.74) is 0. The summed E-state index contributed by atoms with van der Waals surface area (Å²) >= 11 is 0. The van der Waals surface area contributed by atoms with Gasteiger partial charge in [-0.25, -0.2) is 0 Å². The molecule has 1 amide bonds. The van der Waals surface area contributed by atoms with Gasteiger partial charge in [-0.1, -0.05) is 0 Å². The molecule has 1 saturated carbocycles. The Balaban J connectivity index is 1.71. The van der Waals surface area contributed by atoms with E-state index in [1.165, 1.54) is 19.3 Å². The molecule has 1 aliphatic carbocycles. The number of amides is 1. The van der Waals surface area contributed by atoms with Gasteiger partial charge >= 0.3 is 0 Å². The van der Waals surface area contributed by atoms with Crippen LogP contribution in [0.2, 0.25) is 0 Å². The highest BCUT2D eigenvalue weighted by Crippen LogP contribution is 2.19. The number of hydrogen-bond acceptors (Lipinski definition) is 3. The van der Waals surface area contributed by atoms with Crippen LogP contribution in [0.3, 0.4) is 0 Å². The van der Waals surface area contributed by atoms with Gasteiger partial charge in [0, 0.05) is 26.2 Å². The standard InChI is InChI=1S/C12H22N2O2/c1-16-9-10-3-2-6-14(8-10)12(15)7-13-11-4-5-11/h10-11,13H,2-9H2,1H3. The van der Waals surface area contributed by atoms with Crippen molar-refractivity contribution in [1.82, 2.24) is 10.2 Å². The number of hydrogen-bond donors (Lipinski definition) is 1. The van der Waals surface area contributed by atoms with Gasteiger partial charge in [-0.15, -0.1) is 0 Å². The molecule has 1 atom stereocenters. The van der Waals surface area contributed by atoms with Crippen LogP contribution in [0.5, 0.6) is 0 Å². The molecule has 0 aromatic rings. The maximum Gasteiger partial charge on any atom is 0.236 e. The first-order chi connectivity index (χ1) is 7.79. The molecule has 0 aromatic heterocycles. The summed E-state index contributed by atoms with van der Waals surface area (Å²) < 4.78 is 5.16. The Labute approximate surface area is 97.3 Å². The first kappa shape index (κ1) is 11.9. The maximum atomic E-state index is 11.9. The average molecular weight is 226 g/mol. The van der Waals surface area contributed by atoms with Crippen molar-refractivity contribution in [2.75, 3.05) is 33.4 Å². The van der Waals surface area contributed by atoms with E-state index in [-0.39, 0.29) is 5.91 Å². The SMILES string of the molecule is COCC1CCCN(C(=O)CNC2CC2)C1. The van der Waals surface area contributed by atoms with Gasteiger partial charge in [0.15, 0.2) is 0 Å². The monoisotopic (exact) mass is 226 g/mol. The van der Waals surface area contributed by atoms with Gasteiger partial charge in [0.05, 0.1) is 13.2 Å². The van der Waals surface area contributed by atoms with Crippen molar-refractivity contribution in [1.29, 1.82) is 0 Å². The zero-order valence-electron chi connectivity index (χ0n) is 10.1. The number of carbonyl (C=O) groups is 1. The van der Waals surface area contributed by atoms with E-state index < -0.39 is 0 Å². The number of ether oxygens (including phenoxy) is 1. The topological polar surface area (TPSA) is 41.6 Å². The lowest BCUT2D eigenvalue weighted by Crippen LogP contribution is -2.45. The molecule has 2 fully saturated rings. The highest BCUT2D eigenvalue weighted by molar-refractivity contribution is 5.78. The van der Waals surface area contributed by atoms with E-state index >= 15 is 0 Å². The lowest BCUT2D eigenvalue weighted by Gasteiger charge is -2.32. The fourth-order valence-corrected chi connectivity index (χ4v) is 2.29. The summed E-state index contributed by atoms with van der Waals surface area (Å²) in [4.78, 5) is 13.9. The van der Waals surface area contributed by atoms with E-state index in [9.17, 15) is 4.79 Å². The van der Waals surface area contributed by atoms with E-state index in [0.29, 0.717) is 18.5 Å². The number of nitrogens with zero attached hydrogens (tertiary/aromatic N) is 1. The Morgan fingerprint density at radius 1 is 1.44 bits per heavy atom. The lowest BCUT2D eigenvalue weighted by molar-refractivity contribution is -0.132. The van der Waals surface area contributed by atoms with Crippen LogP contribution < -0.4 is 5.32 Å². The third-order valence-corrected chi connectivity index (χ3v) is 3.39. The molecule has 16 heavy (non-hydrogen) atoms. The fraction of sp³-hybridized carbons (Fsp3) is 0.917. The molecule has 0 spiro atoms. The van der Waals surface area contributed by atoms with Crippen molar-refractivity contribution in [2.24, 2.45) is 5.92 Å². The van der Waals surface area contributed by atoms with Crippen LogP contribution >= 0.6 is 0 Å². The van der Waals surface area contributed by atoms with Gasteiger partial charge in [-0.05, 0) is 31.6 Å². The van der Waals surface area contributed by atoms with Gasteiger partial charge in [-0.3, -0.25) is 4.79 Å². The Morgan fingerprint density at radius 3 is 2.94 bits per heavy atom. The first-order valence-corrected chi connectivity index (χ1v) is 6.29. The Morgan fingerprint density at radius 2 is 2.25 bits per heavy atom. The highest BCUT2D eigenvalue weighted by Gasteiger charge is 2.26. The van der Waals surface area contributed by atoms with Crippen LogP contribution in [0.1, 0.15) is 25.7 Å².